The molecule has 0 saturated heterocycles. The van der Waals surface area contributed by atoms with Crippen molar-refractivity contribution in [1.82, 2.24) is 14.8 Å². The fraction of sp³-hybridized carbons (Fsp3) is 0. The molecule has 4 aromatic rings. The van der Waals surface area contributed by atoms with Gasteiger partial charge >= 0.3 is 5.97 Å². The number of benzene rings is 2. The number of aromatic nitrogens is 3. The zero-order valence-corrected chi connectivity index (χ0v) is 13.8. The minimum Gasteiger partial charge on any atom is -0.478 e. The average Bonchev–Trinajstić information content (AvgIpc) is 3.15. The lowest BCUT2D eigenvalue weighted by molar-refractivity contribution is 0.0697. The van der Waals surface area contributed by atoms with Crippen molar-refractivity contribution in [3.63, 3.8) is 0 Å². The maximum atomic E-state index is 11.1. The molecule has 0 atom stereocenters. The molecule has 0 aliphatic carbocycles. The van der Waals surface area contributed by atoms with E-state index in [0.29, 0.717) is 0 Å². The van der Waals surface area contributed by atoms with E-state index in [1.165, 1.54) is 0 Å². The van der Waals surface area contributed by atoms with Gasteiger partial charge in [-0.3, -0.25) is 4.98 Å². The highest BCUT2D eigenvalue weighted by atomic mass is 16.4. The third-order valence-electron chi connectivity index (χ3n) is 4.13. The van der Waals surface area contributed by atoms with E-state index in [0.717, 1.165) is 28.1 Å². The monoisotopic (exact) mass is 341 g/mol. The standard InChI is InChI=1S/C21H15N3O2/c25-21(26)17-8-6-15(7-9-17)19-14-24(18-4-2-1-3-5-18)23-20(19)16-10-12-22-13-11-16/h1-14H,(H,25,26). The number of aromatic carboxylic acids is 1. The van der Waals surface area contributed by atoms with Crippen molar-refractivity contribution in [3.05, 3.63) is 90.9 Å². The summed E-state index contributed by atoms with van der Waals surface area (Å²) in [6.07, 6.45) is 5.42. The SMILES string of the molecule is O=C(O)c1ccc(-c2cn(-c3ccccc3)nc2-c2ccncc2)cc1. The molecule has 0 spiro atoms. The summed E-state index contributed by atoms with van der Waals surface area (Å²) in [5, 5.41) is 13.9. The molecule has 2 aromatic carbocycles. The summed E-state index contributed by atoms with van der Waals surface area (Å²) in [5.74, 6) is -0.939. The van der Waals surface area contributed by atoms with E-state index in [2.05, 4.69) is 4.98 Å². The predicted molar refractivity (Wildman–Crippen MR) is 99.2 cm³/mol. The smallest absolute Gasteiger partial charge is 0.335 e. The van der Waals surface area contributed by atoms with Crippen molar-refractivity contribution in [2.75, 3.05) is 0 Å². The van der Waals surface area contributed by atoms with Gasteiger partial charge in [-0.15, -0.1) is 0 Å². The van der Waals surface area contributed by atoms with Crippen LogP contribution in [0.4, 0.5) is 0 Å². The molecule has 126 valence electrons. The normalized spacial score (nSPS) is 10.6. The molecular formula is C21H15N3O2. The molecule has 0 unspecified atom stereocenters. The number of carboxylic acid groups (broad SMARTS) is 1. The molecule has 0 fully saturated rings. The van der Waals surface area contributed by atoms with Crippen molar-refractivity contribution in [3.8, 4) is 28.1 Å². The third-order valence-corrected chi connectivity index (χ3v) is 4.13. The molecule has 2 heterocycles. The first-order valence-corrected chi connectivity index (χ1v) is 8.11. The molecular weight excluding hydrogens is 326 g/mol. The molecule has 0 saturated carbocycles. The predicted octanol–water partition coefficient (Wildman–Crippen LogP) is 4.30. The molecule has 5 nitrogen and oxygen atoms in total. The second kappa shape index (κ2) is 6.64. The van der Waals surface area contributed by atoms with E-state index in [-0.39, 0.29) is 5.56 Å². The topological polar surface area (TPSA) is 68.0 Å². The van der Waals surface area contributed by atoms with Crippen LogP contribution >= 0.6 is 0 Å². The Morgan fingerprint density at radius 2 is 1.54 bits per heavy atom. The van der Waals surface area contributed by atoms with Crippen molar-refractivity contribution in [2.45, 2.75) is 0 Å². The number of hydrogen-bond acceptors (Lipinski definition) is 3. The third kappa shape index (κ3) is 2.98. The van der Waals surface area contributed by atoms with Crippen LogP contribution in [0.2, 0.25) is 0 Å². The number of carbonyl (C=O) groups is 1. The Bertz CT molecular complexity index is 1040. The Labute approximate surface area is 150 Å². The number of hydrogen-bond donors (Lipinski definition) is 1. The van der Waals surface area contributed by atoms with Crippen LogP contribution in [0.5, 0.6) is 0 Å². The van der Waals surface area contributed by atoms with Gasteiger partial charge in [-0.2, -0.15) is 5.10 Å². The van der Waals surface area contributed by atoms with Gasteiger partial charge in [0.2, 0.25) is 0 Å². The second-order valence-electron chi connectivity index (χ2n) is 5.79. The Balaban J connectivity index is 1.87. The fourth-order valence-corrected chi connectivity index (χ4v) is 2.81. The number of carboxylic acids is 1. The first-order valence-electron chi connectivity index (χ1n) is 8.11. The number of para-hydroxylation sites is 1. The van der Waals surface area contributed by atoms with Gasteiger partial charge in [-0.1, -0.05) is 30.3 Å². The number of rotatable bonds is 4. The molecule has 0 aliphatic rings. The van der Waals surface area contributed by atoms with Gasteiger partial charge in [-0.05, 0) is 42.0 Å². The molecule has 0 aliphatic heterocycles. The van der Waals surface area contributed by atoms with Gasteiger partial charge in [0.25, 0.3) is 0 Å². The summed E-state index contributed by atoms with van der Waals surface area (Å²) in [7, 11) is 0. The lowest BCUT2D eigenvalue weighted by Crippen LogP contribution is -1.95. The van der Waals surface area contributed by atoms with Crippen LogP contribution in [0.15, 0.2) is 85.3 Å². The Kier molecular flexibility index (Phi) is 4.03. The van der Waals surface area contributed by atoms with Crippen molar-refractivity contribution in [2.24, 2.45) is 0 Å². The molecule has 0 amide bonds. The summed E-state index contributed by atoms with van der Waals surface area (Å²) in [6, 6.07) is 20.5. The van der Waals surface area contributed by atoms with Crippen LogP contribution in [0.25, 0.3) is 28.1 Å². The first kappa shape index (κ1) is 15.8. The summed E-state index contributed by atoms with van der Waals surface area (Å²) < 4.78 is 1.83. The molecule has 26 heavy (non-hydrogen) atoms. The highest BCUT2D eigenvalue weighted by Gasteiger charge is 2.14. The van der Waals surface area contributed by atoms with Crippen LogP contribution in [0.3, 0.4) is 0 Å². The number of nitrogens with zero attached hydrogens (tertiary/aromatic N) is 3. The summed E-state index contributed by atoms with van der Waals surface area (Å²) in [6.45, 7) is 0. The number of pyridine rings is 1. The largest absolute Gasteiger partial charge is 0.478 e. The lowest BCUT2D eigenvalue weighted by Gasteiger charge is -2.03. The second-order valence-corrected chi connectivity index (χ2v) is 5.79. The van der Waals surface area contributed by atoms with Gasteiger partial charge in [0.15, 0.2) is 0 Å². The van der Waals surface area contributed by atoms with Crippen LogP contribution in [-0.4, -0.2) is 25.8 Å². The minimum atomic E-state index is -0.939. The molecule has 2 aromatic heterocycles. The highest BCUT2D eigenvalue weighted by Crippen LogP contribution is 2.32. The van der Waals surface area contributed by atoms with Gasteiger partial charge in [0, 0.05) is 29.7 Å². The molecule has 0 radical (unpaired) electrons. The Morgan fingerprint density at radius 3 is 2.19 bits per heavy atom. The lowest BCUT2D eigenvalue weighted by atomic mass is 10.0. The van der Waals surface area contributed by atoms with Gasteiger partial charge in [0.1, 0.15) is 5.69 Å². The van der Waals surface area contributed by atoms with Gasteiger partial charge in [0.05, 0.1) is 11.3 Å². The van der Waals surface area contributed by atoms with E-state index < -0.39 is 5.97 Å². The van der Waals surface area contributed by atoms with Crippen LogP contribution in [0.1, 0.15) is 10.4 Å². The average molecular weight is 341 g/mol. The van der Waals surface area contributed by atoms with Crippen LogP contribution in [0, 0.1) is 0 Å². The summed E-state index contributed by atoms with van der Waals surface area (Å²) in [5.41, 5.74) is 4.82. The molecule has 5 heteroatoms. The van der Waals surface area contributed by atoms with Crippen LogP contribution in [-0.2, 0) is 0 Å². The highest BCUT2D eigenvalue weighted by molar-refractivity contribution is 5.89. The van der Waals surface area contributed by atoms with Crippen LogP contribution < -0.4 is 0 Å². The summed E-state index contributed by atoms with van der Waals surface area (Å²) in [4.78, 5) is 15.2. The van der Waals surface area contributed by atoms with E-state index in [1.807, 2.05) is 53.3 Å². The van der Waals surface area contributed by atoms with Gasteiger partial charge in [-0.25, -0.2) is 9.48 Å². The quantitative estimate of drug-likeness (QED) is 0.601. The maximum absolute atomic E-state index is 11.1. The van der Waals surface area contributed by atoms with Gasteiger partial charge < -0.3 is 5.11 Å². The van der Waals surface area contributed by atoms with E-state index >= 15 is 0 Å². The van der Waals surface area contributed by atoms with E-state index in [1.54, 1.807) is 36.7 Å². The zero-order chi connectivity index (χ0) is 17.9. The van der Waals surface area contributed by atoms with Crippen molar-refractivity contribution in [1.29, 1.82) is 0 Å². The molecule has 0 bridgehead atoms. The van der Waals surface area contributed by atoms with E-state index in [9.17, 15) is 4.79 Å². The Morgan fingerprint density at radius 1 is 0.846 bits per heavy atom. The van der Waals surface area contributed by atoms with E-state index in [4.69, 9.17) is 10.2 Å². The summed E-state index contributed by atoms with van der Waals surface area (Å²) >= 11 is 0. The molecule has 1 N–H and O–H groups in total. The van der Waals surface area contributed by atoms with Crippen molar-refractivity contribution >= 4 is 5.97 Å². The fourth-order valence-electron chi connectivity index (χ4n) is 2.81. The first-order chi connectivity index (χ1) is 12.7. The minimum absolute atomic E-state index is 0.259. The zero-order valence-electron chi connectivity index (χ0n) is 13.8. The van der Waals surface area contributed by atoms with Crippen molar-refractivity contribution < 1.29 is 9.90 Å². The maximum Gasteiger partial charge on any atom is 0.335 e. The Hall–Kier alpha value is -3.73. The molecule has 4 rings (SSSR count).